The molecule has 0 fully saturated rings. The maximum absolute atomic E-state index is 10.8. The molecule has 16 heavy (non-hydrogen) atoms. The van der Waals surface area contributed by atoms with Gasteiger partial charge in [-0.2, -0.15) is 0 Å². The minimum atomic E-state index is -0.908. The van der Waals surface area contributed by atoms with Crippen molar-refractivity contribution in [2.24, 2.45) is 0 Å². The summed E-state index contributed by atoms with van der Waals surface area (Å²) in [5.41, 5.74) is 0.907. The Morgan fingerprint density at radius 1 is 1.31 bits per heavy atom. The van der Waals surface area contributed by atoms with Gasteiger partial charge in [0.05, 0.1) is 5.02 Å². The number of rotatable bonds is 2. The van der Waals surface area contributed by atoms with E-state index in [1.165, 1.54) is 11.3 Å². The van der Waals surface area contributed by atoms with Crippen LogP contribution in [-0.4, -0.2) is 11.1 Å². The van der Waals surface area contributed by atoms with Crippen LogP contribution in [0.1, 0.15) is 9.67 Å². The molecule has 1 aromatic carbocycles. The summed E-state index contributed by atoms with van der Waals surface area (Å²) in [6, 6.07) is 8.89. The van der Waals surface area contributed by atoms with Crippen molar-refractivity contribution in [2.45, 2.75) is 0 Å². The molecule has 5 heteroatoms. The van der Waals surface area contributed by atoms with Gasteiger partial charge < -0.3 is 5.11 Å². The second-order valence-electron chi connectivity index (χ2n) is 3.07. The van der Waals surface area contributed by atoms with Crippen molar-refractivity contribution < 1.29 is 9.90 Å². The predicted octanol–water partition coefficient (Wildman–Crippen LogP) is 4.53. The van der Waals surface area contributed by atoms with Gasteiger partial charge in [-0.15, -0.1) is 11.3 Å². The lowest BCUT2D eigenvalue weighted by Crippen LogP contribution is -1.89. The third-order valence-corrected chi connectivity index (χ3v) is 4.54. The quantitative estimate of drug-likeness (QED) is 0.883. The number of carboxylic acid groups (broad SMARTS) is 1. The third kappa shape index (κ3) is 2.14. The molecule has 2 aromatic rings. The van der Waals surface area contributed by atoms with Gasteiger partial charge in [-0.05, 0) is 34.1 Å². The van der Waals surface area contributed by atoms with Crippen LogP contribution in [0.3, 0.4) is 0 Å². The highest BCUT2D eigenvalue weighted by Crippen LogP contribution is 2.37. The summed E-state index contributed by atoms with van der Waals surface area (Å²) in [7, 11) is 0. The van der Waals surface area contributed by atoms with Crippen molar-refractivity contribution in [3.8, 4) is 10.4 Å². The zero-order chi connectivity index (χ0) is 11.7. The first kappa shape index (κ1) is 11.6. The van der Waals surface area contributed by atoms with E-state index in [-0.39, 0.29) is 0 Å². The minimum Gasteiger partial charge on any atom is -0.477 e. The molecule has 82 valence electrons. The molecule has 0 saturated carbocycles. The molecule has 2 rings (SSSR count). The van der Waals surface area contributed by atoms with Gasteiger partial charge in [-0.3, -0.25) is 0 Å². The fourth-order valence-electron chi connectivity index (χ4n) is 1.29. The van der Waals surface area contributed by atoms with Crippen LogP contribution in [0, 0.1) is 0 Å². The molecule has 0 amide bonds. The summed E-state index contributed by atoms with van der Waals surface area (Å²) in [4.78, 5) is 12.0. The molecule has 0 aliphatic heterocycles. The van der Waals surface area contributed by atoms with E-state index in [0.717, 1.165) is 14.9 Å². The van der Waals surface area contributed by atoms with E-state index in [9.17, 15) is 4.79 Å². The molecule has 0 unspecified atom stereocenters. The highest BCUT2D eigenvalue weighted by molar-refractivity contribution is 9.10. The number of carbonyl (C=O) groups is 1. The Balaban J connectivity index is 2.50. The zero-order valence-electron chi connectivity index (χ0n) is 7.91. The van der Waals surface area contributed by atoms with E-state index in [4.69, 9.17) is 16.7 Å². The first-order chi connectivity index (χ1) is 7.59. The highest BCUT2D eigenvalue weighted by Gasteiger charge is 2.11. The van der Waals surface area contributed by atoms with Gasteiger partial charge in [-0.25, -0.2) is 4.79 Å². The first-order valence-electron chi connectivity index (χ1n) is 4.37. The van der Waals surface area contributed by atoms with Crippen molar-refractivity contribution in [1.82, 2.24) is 0 Å². The van der Waals surface area contributed by atoms with Gasteiger partial charge in [-0.1, -0.05) is 23.7 Å². The monoisotopic (exact) mass is 316 g/mol. The zero-order valence-corrected chi connectivity index (χ0v) is 11.1. The first-order valence-corrected chi connectivity index (χ1v) is 6.36. The number of thiophene rings is 1. The van der Waals surface area contributed by atoms with Crippen LogP contribution in [0.5, 0.6) is 0 Å². The molecule has 0 bridgehead atoms. The SMILES string of the molecule is O=C(O)c1ccc(-c2cccc(Cl)c2Br)s1. The third-order valence-electron chi connectivity index (χ3n) is 2.03. The second kappa shape index (κ2) is 4.57. The molecule has 0 saturated heterocycles. The molecule has 0 spiro atoms. The Bertz CT molecular complexity index is 551. The highest BCUT2D eigenvalue weighted by atomic mass is 79.9. The molecular formula is C11H6BrClO2S. The number of aromatic carboxylic acids is 1. The average molecular weight is 318 g/mol. The number of hydrogen-bond acceptors (Lipinski definition) is 2. The second-order valence-corrected chi connectivity index (χ2v) is 5.35. The van der Waals surface area contributed by atoms with Crippen molar-refractivity contribution in [3.63, 3.8) is 0 Å². The standard InChI is InChI=1S/C11H6BrClO2S/c12-10-6(2-1-3-7(10)13)8-4-5-9(16-8)11(14)15/h1-5H,(H,14,15). The molecule has 0 atom stereocenters. The summed E-state index contributed by atoms with van der Waals surface area (Å²) in [6.07, 6.45) is 0. The number of carboxylic acids is 1. The van der Waals surface area contributed by atoms with Crippen molar-refractivity contribution in [1.29, 1.82) is 0 Å². The molecular weight excluding hydrogens is 312 g/mol. The van der Waals surface area contributed by atoms with Gasteiger partial charge in [0.2, 0.25) is 0 Å². The Labute approximate surface area is 110 Å². The topological polar surface area (TPSA) is 37.3 Å². The van der Waals surface area contributed by atoms with Crippen molar-refractivity contribution >= 4 is 44.8 Å². The van der Waals surface area contributed by atoms with Crippen LogP contribution in [0.2, 0.25) is 5.02 Å². The van der Waals surface area contributed by atoms with E-state index in [0.29, 0.717) is 9.90 Å². The Morgan fingerprint density at radius 3 is 2.69 bits per heavy atom. The fraction of sp³-hybridized carbons (Fsp3) is 0. The summed E-state index contributed by atoms with van der Waals surface area (Å²) >= 11 is 10.6. The predicted molar refractivity (Wildman–Crippen MR) is 69.4 cm³/mol. The van der Waals surface area contributed by atoms with Gasteiger partial charge in [0.1, 0.15) is 4.88 Å². The fourth-order valence-corrected chi connectivity index (χ4v) is 2.95. The summed E-state index contributed by atoms with van der Waals surface area (Å²) in [5, 5.41) is 9.46. The maximum Gasteiger partial charge on any atom is 0.345 e. The summed E-state index contributed by atoms with van der Waals surface area (Å²) in [5.74, 6) is -0.908. The minimum absolute atomic E-state index is 0.321. The van der Waals surface area contributed by atoms with Gasteiger partial charge in [0.15, 0.2) is 0 Å². The van der Waals surface area contributed by atoms with Crippen molar-refractivity contribution in [3.05, 3.63) is 44.7 Å². The van der Waals surface area contributed by atoms with Gasteiger partial charge in [0, 0.05) is 14.9 Å². The molecule has 0 aliphatic carbocycles. The van der Waals surface area contributed by atoms with Crippen LogP contribution < -0.4 is 0 Å². The van der Waals surface area contributed by atoms with Crippen LogP contribution in [0.25, 0.3) is 10.4 Å². The summed E-state index contributed by atoms with van der Waals surface area (Å²) in [6.45, 7) is 0. The molecule has 1 N–H and O–H groups in total. The van der Waals surface area contributed by atoms with Gasteiger partial charge >= 0.3 is 5.97 Å². The average Bonchev–Trinajstić information content (AvgIpc) is 2.71. The van der Waals surface area contributed by atoms with Crippen LogP contribution in [0.15, 0.2) is 34.8 Å². The molecule has 0 aliphatic rings. The molecule has 2 nitrogen and oxygen atoms in total. The molecule has 0 radical (unpaired) electrons. The normalized spacial score (nSPS) is 10.4. The lowest BCUT2D eigenvalue weighted by molar-refractivity contribution is 0.0702. The Morgan fingerprint density at radius 2 is 2.06 bits per heavy atom. The Hall–Kier alpha value is -0.840. The van der Waals surface area contributed by atoms with Gasteiger partial charge in [0.25, 0.3) is 0 Å². The molecule has 1 heterocycles. The van der Waals surface area contributed by atoms with Crippen LogP contribution in [0.4, 0.5) is 0 Å². The lowest BCUT2D eigenvalue weighted by Gasteiger charge is -2.02. The smallest absolute Gasteiger partial charge is 0.345 e. The number of halogens is 2. The number of hydrogen-bond donors (Lipinski definition) is 1. The molecule has 1 aromatic heterocycles. The maximum atomic E-state index is 10.8. The van der Waals surface area contributed by atoms with Crippen molar-refractivity contribution in [2.75, 3.05) is 0 Å². The Kier molecular flexibility index (Phi) is 3.33. The summed E-state index contributed by atoms with van der Waals surface area (Å²) < 4.78 is 0.787. The van der Waals surface area contributed by atoms with E-state index >= 15 is 0 Å². The van der Waals surface area contributed by atoms with E-state index in [1.807, 2.05) is 12.1 Å². The van der Waals surface area contributed by atoms with E-state index in [2.05, 4.69) is 15.9 Å². The van der Waals surface area contributed by atoms with Crippen LogP contribution in [-0.2, 0) is 0 Å². The lowest BCUT2D eigenvalue weighted by atomic mass is 10.2. The van der Waals surface area contributed by atoms with E-state index in [1.54, 1.807) is 18.2 Å². The van der Waals surface area contributed by atoms with Crippen LogP contribution >= 0.6 is 38.9 Å². The number of benzene rings is 1. The van der Waals surface area contributed by atoms with E-state index < -0.39 is 5.97 Å². The largest absolute Gasteiger partial charge is 0.477 e.